The smallest absolute Gasteiger partial charge is 0.314 e. The lowest BCUT2D eigenvalue weighted by Crippen LogP contribution is -2.36. The van der Waals surface area contributed by atoms with Crippen LogP contribution in [0.5, 0.6) is 0 Å². The summed E-state index contributed by atoms with van der Waals surface area (Å²) in [6, 6.07) is 0. The second-order valence-electron chi connectivity index (χ2n) is 7.28. The van der Waals surface area contributed by atoms with Crippen molar-refractivity contribution in [2.24, 2.45) is 11.3 Å². The first-order chi connectivity index (χ1) is 12.3. The quantitative estimate of drug-likeness (QED) is 0.325. The van der Waals surface area contributed by atoms with Crippen LogP contribution in [0, 0.1) is 11.3 Å². The van der Waals surface area contributed by atoms with Crippen molar-refractivity contribution < 1.29 is 28.9 Å². The van der Waals surface area contributed by atoms with Crippen molar-refractivity contribution >= 4 is 11.8 Å². The summed E-state index contributed by atoms with van der Waals surface area (Å²) in [5.74, 6) is 0.0557. The van der Waals surface area contributed by atoms with Gasteiger partial charge in [0.2, 0.25) is 0 Å². The van der Waals surface area contributed by atoms with Crippen molar-refractivity contribution in [3.8, 4) is 0 Å². The minimum Gasteiger partial charge on any atom is -0.464 e. The van der Waals surface area contributed by atoms with E-state index in [2.05, 4.69) is 0 Å². The van der Waals surface area contributed by atoms with E-state index in [4.69, 9.17) is 19.3 Å². The Balaban J connectivity index is 4.42. The third-order valence-corrected chi connectivity index (χ3v) is 4.54. The number of nitrogens with zero attached hydrogens (tertiary/aromatic N) is 1. The van der Waals surface area contributed by atoms with Gasteiger partial charge in [0.1, 0.15) is 19.2 Å². The Kier molecular flexibility index (Phi) is 13.5. The maximum atomic E-state index is 12.4. The van der Waals surface area contributed by atoms with Crippen LogP contribution in [0.2, 0.25) is 0 Å². The number of aliphatic hydroxyl groups is 1. The van der Waals surface area contributed by atoms with Crippen LogP contribution in [-0.4, -0.2) is 76.1 Å². The van der Waals surface area contributed by atoms with E-state index in [-0.39, 0.29) is 31.1 Å². The van der Waals surface area contributed by atoms with Crippen molar-refractivity contribution in [2.75, 3.05) is 54.4 Å². The number of carbonyl (C=O) groups is 2. The monoisotopic (exact) mass is 375 g/mol. The molecule has 0 aliphatic heterocycles. The zero-order valence-electron chi connectivity index (χ0n) is 17.1. The number of rotatable bonds is 16. The first kappa shape index (κ1) is 25.0. The van der Waals surface area contributed by atoms with Gasteiger partial charge in [0.05, 0.1) is 18.6 Å². The highest BCUT2D eigenvalue weighted by Crippen LogP contribution is 2.26. The molecule has 0 aliphatic rings. The maximum Gasteiger partial charge on any atom is 0.314 e. The lowest BCUT2D eigenvalue weighted by atomic mass is 9.84. The van der Waals surface area contributed by atoms with Crippen LogP contribution < -0.4 is 0 Å². The molecule has 0 aliphatic carbocycles. The number of Topliss-reactive ketones (excluding diaryl/α,β-unsaturated/α-hetero) is 1. The molecular weight excluding hydrogens is 338 g/mol. The first-order valence-electron chi connectivity index (χ1n) is 9.30. The average molecular weight is 376 g/mol. The summed E-state index contributed by atoms with van der Waals surface area (Å²) in [5, 5.41) is 8.71. The largest absolute Gasteiger partial charge is 0.464 e. The Morgan fingerprint density at radius 3 is 2.46 bits per heavy atom. The number of likely N-dealkylation sites (N-methyl/N-ethyl adjacent to an activating group) is 1. The van der Waals surface area contributed by atoms with Crippen LogP contribution in [0.4, 0.5) is 0 Å². The zero-order valence-corrected chi connectivity index (χ0v) is 17.1. The minimum atomic E-state index is -0.819. The lowest BCUT2D eigenvalue weighted by molar-refractivity contribution is -0.159. The molecule has 0 aromatic rings. The Morgan fingerprint density at radius 1 is 1.23 bits per heavy atom. The fourth-order valence-corrected chi connectivity index (χ4v) is 2.58. The average Bonchev–Trinajstić information content (AvgIpc) is 2.60. The van der Waals surface area contributed by atoms with Gasteiger partial charge in [-0.25, -0.2) is 0 Å². The Morgan fingerprint density at radius 2 is 1.92 bits per heavy atom. The molecule has 154 valence electrons. The summed E-state index contributed by atoms with van der Waals surface area (Å²) in [5.41, 5.74) is -0.819. The van der Waals surface area contributed by atoms with Crippen LogP contribution in [-0.2, 0) is 23.8 Å². The van der Waals surface area contributed by atoms with Crippen molar-refractivity contribution in [1.29, 1.82) is 0 Å². The highest BCUT2D eigenvalue weighted by molar-refractivity contribution is 5.81. The SMILES string of the molecule is CCC(CCC(=O)CCC(C)(COC)C(=O)OCCN(C)C)COCO. The van der Waals surface area contributed by atoms with Crippen LogP contribution in [0.15, 0.2) is 0 Å². The van der Waals surface area contributed by atoms with Gasteiger partial charge in [-0.1, -0.05) is 13.3 Å². The molecule has 0 saturated heterocycles. The molecular formula is C19H37NO6. The predicted molar refractivity (Wildman–Crippen MR) is 99.8 cm³/mol. The predicted octanol–water partition coefficient (Wildman–Crippen LogP) is 1.87. The van der Waals surface area contributed by atoms with Gasteiger partial charge in [0.25, 0.3) is 0 Å². The number of aliphatic hydroxyl groups excluding tert-OH is 1. The van der Waals surface area contributed by atoms with Gasteiger partial charge in [-0.05, 0) is 39.8 Å². The van der Waals surface area contributed by atoms with E-state index in [1.54, 1.807) is 14.0 Å². The molecule has 0 rings (SSSR count). The summed E-state index contributed by atoms with van der Waals surface area (Å²) < 4.78 is 15.5. The number of hydrogen-bond acceptors (Lipinski definition) is 7. The number of methoxy groups -OCH3 is 1. The number of ketones is 1. The molecule has 0 bridgehead atoms. The molecule has 0 fully saturated rings. The zero-order chi connectivity index (χ0) is 20.0. The van der Waals surface area contributed by atoms with Crippen LogP contribution in [0.1, 0.15) is 46.0 Å². The van der Waals surface area contributed by atoms with E-state index >= 15 is 0 Å². The molecule has 1 N–H and O–H groups in total. The molecule has 7 heteroatoms. The van der Waals surface area contributed by atoms with Crippen LogP contribution in [0.25, 0.3) is 0 Å². The van der Waals surface area contributed by atoms with Gasteiger partial charge < -0.3 is 24.2 Å². The molecule has 0 heterocycles. The van der Waals surface area contributed by atoms with Gasteiger partial charge in [-0.15, -0.1) is 0 Å². The molecule has 0 spiro atoms. The first-order valence-corrected chi connectivity index (χ1v) is 9.30. The molecule has 0 radical (unpaired) electrons. The molecule has 2 atom stereocenters. The van der Waals surface area contributed by atoms with Gasteiger partial charge in [0, 0.05) is 26.5 Å². The number of hydrogen-bond donors (Lipinski definition) is 1. The van der Waals surface area contributed by atoms with E-state index in [1.807, 2.05) is 25.9 Å². The maximum absolute atomic E-state index is 12.4. The number of carbonyl (C=O) groups excluding carboxylic acids is 2. The Labute approximate surface area is 158 Å². The van der Waals surface area contributed by atoms with Gasteiger partial charge in [-0.2, -0.15) is 0 Å². The number of esters is 1. The molecule has 0 amide bonds. The Hall–Kier alpha value is -1.02. The van der Waals surface area contributed by atoms with Gasteiger partial charge >= 0.3 is 5.97 Å². The highest BCUT2D eigenvalue weighted by atomic mass is 16.6. The van der Waals surface area contributed by atoms with Gasteiger partial charge in [-0.3, -0.25) is 9.59 Å². The molecule has 2 unspecified atom stereocenters. The summed E-state index contributed by atoms with van der Waals surface area (Å²) in [7, 11) is 5.37. The topological polar surface area (TPSA) is 85.3 Å². The van der Waals surface area contributed by atoms with Crippen LogP contribution >= 0.6 is 0 Å². The van der Waals surface area contributed by atoms with E-state index in [0.717, 1.165) is 12.8 Å². The van der Waals surface area contributed by atoms with E-state index in [0.29, 0.717) is 39.0 Å². The normalized spacial score (nSPS) is 14.9. The third-order valence-electron chi connectivity index (χ3n) is 4.54. The van der Waals surface area contributed by atoms with E-state index in [1.165, 1.54) is 0 Å². The molecule has 0 saturated carbocycles. The summed E-state index contributed by atoms with van der Waals surface area (Å²) in [4.78, 5) is 26.6. The molecule has 0 aromatic carbocycles. The van der Waals surface area contributed by atoms with Crippen molar-refractivity contribution in [3.05, 3.63) is 0 Å². The molecule has 7 nitrogen and oxygen atoms in total. The Bertz CT molecular complexity index is 401. The lowest BCUT2D eigenvalue weighted by Gasteiger charge is -2.26. The van der Waals surface area contributed by atoms with Crippen molar-refractivity contribution in [2.45, 2.75) is 46.0 Å². The van der Waals surface area contributed by atoms with Crippen LogP contribution in [0.3, 0.4) is 0 Å². The second kappa shape index (κ2) is 14.1. The number of ether oxygens (including phenoxy) is 3. The highest BCUT2D eigenvalue weighted by Gasteiger charge is 2.35. The molecule has 0 aromatic heterocycles. The van der Waals surface area contributed by atoms with Crippen molar-refractivity contribution in [3.63, 3.8) is 0 Å². The third kappa shape index (κ3) is 10.9. The second-order valence-corrected chi connectivity index (χ2v) is 7.28. The van der Waals surface area contributed by atoms with E-state index in [9.17, 15) is 9.59 Å². The fraction of sp³-hybridized carbons (Fsp3) is 0.895. The minimum absolute atomic E-state index is 0.121. The summed E-state index contributed by atoms with van der Waals surface area (Å²) in [6.45, 7) is 5.18. The van der Waals surface area contributed by atoms with E-state index < -0.39 is 5.41 Å². The summed E-state index contributed by atoms with van der Waals surface area (Å²) >= 11 is 0. The van der Waals surface area contributed by atoms with Gasteiger partial charge in [0.15, 0.2) is 0 Å². The molecule has 26 heavy (non-hydrogen) atoms. The summed E-state index contributed by atoms with van der Waals surface area (Å²) in [6.07, 6.45) is 2.80. The standard InChI is InChI=1S/C19H37NO6/c1-6-16(13-25-15-21)7-8-17(22)9-10-19(2,14-24-5)18(23)26-12-11-20(3)4/h16,21H,6-15H2,1-5H3. The van der Waals surface area contributed by atoms with Crippen molar-refractivity contribution in [1.82, 2.24) is 4.90 Å². The fourth-order valence-electron chi connectivity index (χ4n) is 2.58.